The van der Waals surface area contributed by atoms with Crippen LogP contribution in [0.15, 0.2) is 0 Å². The highest BCUT2D eigenvalue weighted by atomic mass is 16.6. The largest absolute Gasteiger partial charge is 0.462 e. The Morgan fingerprint density at radius 3 is 0.754 bits per heavy atom. The Morgan fingerprint density at radius 1 is 0.292 bits per heavy atom. The maximum atomic E-state index is 12.8. The highest BCUT2D eigenvalue weighted by Gasteiger charge is 2.19. The van der Waals surface area contributed by atoms with Crippen LogP contribution in [0.4, 0.5) is 0 Å². The third-order valence-corrected chi connectivity index (χ3v) is 13.5. The van der Waals surface area contributed by atoms with Crippen LogP contribution in [-0.2, 0) is 28.6 Å². The summed E-state index contributed by atoms with van der Waals surface area (Å²) in [4.78, 5) is 38.0. The second-order valence-corrected chi connectivity index (χ2v) is 20.8. The van der Waals surface area contributed by atoms with Gasteiger partial charge >= 0.3 is 17.9 Å². The maximum Gasteiger partial charge on any atom is 0.306 e. The minimum absolute atomic E-state index is 0.0623. The van der Waals surface area contributed by atoms with Gasteiger partial charge in [0.2, 0.25) is 0 Å². The number of ether oxygens (including phenoxy) is 3. The van der Waals surface area contributed by atoms with Crippen molar-refractivity contribution in [3.63, 3.8) is 0 Å². The van der Waals surface area contributed by atoms with Gasteiger partial charge in [0.15, 0.2) is 6.10 Å². The molecule has 0 rings (SSSR count). The molecule has 0 aliphatic carbocycles. The molecule has 0 aromatic heterocycles. The molecule has 0 saturated carbocycles. The van der Waals surface area contributed by atoms with Gasteiger partial charge in [-0.15, -0.1) is 0 Å². The zero-order valence-corrected chi connectivity index (χ0v) is 44.5. The van der Waals surface area contributed by atoms with Gasteiger partial charge in [0.1, 0.15) is 13.2 Å². The Bertz CT molecular complexity index is 980. The molecule has 0 radical (unpaired) electrons. The second kappa shape index (κ2) is 53.4. The molecule has 0 aliphatic rings. The van der Waals surface area contributed by atoms with Gasteiger partial charge in [-0.3, -0.25) is 14.4 Å². The summed E-state index contributed by atoms with van der Waals surface area (Å²) in [6, 6.07) is 0. The van der Waals surface area contributed by atoms with E-state index in [0.29, 0.717) is 19.3 Å². The van der Waals surface area contributed by atoms with Crippen LogP contribution < -0.4 is 0 Å². The fourth-order valence-electron chi connectivity index (χ4n) is 9.10. The van der Waals surface area contributed by atoms with E-state index >= 15 is 0 Å². The van der Waals surface area contributed by atoms with Gasteiger partial charge in [-0.25, -0.2) is 0 Å². The van der Waals surface area contributed by atoms with Crippen LogP contribution in [0.25, 0.3) is 0 Å². The highest BCUT2D eigenvalue weighted by Crippen LogP contribution is 2.18. The second-order valence-electron chi connectivity index (χ2n) is 20.8. The molecular weight excluding hydrogens is 805 g/mol. The molecule has 6 nitrogen and oxygen atoms in total. The molecule has 0 unspecified atom stereocenters. The number of hydrogen-bond donors (Lipinski definition) is 0. The van der Waals surface area contributed by atoms with Crippen LogP contribution in [-0.4, -0.2) is 37.2 Å². The van der Waals surface area contributed by atoms with Crippen molar-refractivity contribution in [3.05, 3.63) is 0 Å². The van der Waals surface area contributed by atoms with E-state index in [1.807, 2.05) is 0 Å². The summed E-state index contributed by atoms with van der Waals surface area (Å²) in [6.45, 7) is 9.04. The van der Waals surface area contributed by atoms with Gasteiger partial charge in [0.05, 0.1) is 0 Å². The van der Waals surface area contributed by atoms with Gasteiger partial charge in [-0.1, -0.05) is 297 Å². The summed E-state index contributed by atoms with van der Waals surface area (Å²) in [7, 11) is 0. The Hall–Kier alpha value is -1.59. The Balaban J connectivity index is 4.11. The molecule has 0 aromatic rings. The van der Waals surface area contributed by atoms with Gasteiger partial charge < -0.3 is 14.2 Å². The number of carbonyl (C=O) groups excluding carboxylic acids is 3. The molecule has 0 fully saturated rings. The fourth-order valence-corrected chi connectivity index (χ4v) is 9.10. The average Bonchev–Trinajstić information content (AvgIpc) is 3.29. The molecular formula is C59H114O6. The lowest BCUT2D eigenvalue weighted by molar-refractivity contribution is -0.167. The molecule has 1 atom stereocenters. The smallest absolute Gasteiger partial charge is 0.306 e. The number of carbonyl (C=O) groups is 3. The summed E-state index contributed by atoms with van der Waals surface area (Å²) in [5.41, 5.74) is 0. The van der Waals surface area contributed by atoms with Gasteiger partial charge in [-0.05, 0) is 25.2 Å². The first kappa shape index (κ1) is 63.4. The van der Waals surface area contributed by atoms with Crippen LogP contribution >= 0.6 is 0 Å². The molecule has 0 amide bonds. The van der Waals surface area contributed by atoms with Crippen molar-refractivity contribution in [3.8, 4) is 0 Å². The maximum absolute atomic E-state index is 12.8. The lowest BCUT2D eigenvalue weighted by Crippen LogP contribution is -2.30. The molecule has 0 bridgehead atoms. The summed E-state index contributed by atoms with van der Waals surface area (Å²) < 4.78 is 16.8. The topological polar surface area (TPSA) is 78.9 Å². The molecule has 0 saturated heterocycles. The van der Waals surface area contributed by atoms with Gasteiger partial charge in [0.25, 0.3) is 0 Å². The summed E-state index contributed by atoms with van der Waals surface area (Å²) >= 11 is 0. The van der Waals surface area contributed by atoms with Crippen LogP contribution in [0.1, 0.15) is 336 Å². The summed E-state index contributed by atoms with van der Waals surface area (Å²) in [6.07, 6.45) is 58.3. The first-order chi connectivity index (χ1) is 31.9. The first-order valence-electron chi connectivity index (χ1n) is 29.4. The molecule has 0 N–H and O–H groups in total. The van der Waals surface area contributed by atoms with Crippen LogP contribution in [0, 0.1) is 5.92 Å². The van der Waals surface area contributed by atoms with E-state index in [2.05, 4.69) is 27.7 Å². The van der Waals surface area contributed by atoms with Crippen LogP contribution in [0.2, 0.25) is 0 Å². The third-order valence-electron chi connectivity index (χ3n) is 13.5. The monoisotopic (exact) mass is 919 g/mol. The molecule has 0 aromatic carbocycles. The SMILES string of the molecule is CCCCCCCCCCCCCCCCCCCCCC(=O)O[C@H](COC(=O)CCCCCCCCC)COC(=O)CCCCCCCCCCCCCCCCCCCCC(C)C. The van der Waals surface area contributed by atoms with Crippen molar-refractivity contribution in [2.24, 2.45) is 5.92 Å². The van der Waals surface area contributed by atoms with Crippen molar-refractivity contribution < 1.29 is 28.6 Å². The lowest BCUT2D eigenvalue weighted by Gasteiger charge is -2.18. The van der Waals surface area contributed by atoms with E-state index < -0.39 is 6.10 Å². The van der Waals surface area contributed by atoms with E-state index in [1.165, 1.54) is 231 Å². The standard InChI is InChI=1S/C59H114O6/c1-5-7-9-11-13-14-15-16-17-18-19-24-27-30-33-36-40-44-48-52-59(62)65-56(53-63-57(60)50-46-42-37-12-10-8-6-2)54-64-58(61)51-47-43-39-35-32-29-26-23-21-20-22-25-28-31-34-38-41-45-49-55(3)4/h55-56H,5-54H2,1-4H3/t56-/m1/s1. The Morgan fingerprint density at radius 2 is 0.508 bits per heavy atom. The van der Waals surface area contributed by atoms with Gasteiger partial charge in [-0.2, -0.15) is 0 Å². The van der Waals surface area contributed by atoms with Crippen LogP contribution in [0.3, 0.4) is 0 Å². The van der Waals surface area contributed by atoms with E-state index in [1.54, 1.807) is 0 Å². The minimum Gasteiger partial charge on any atom is -0.462 e. The van der Waals surface area contributed by atoms with Crippen molar-refractivity contribution >= 4 is 17.9 Å². The minimum atomic E-state index is -0.760. The number of hydrogen-bond acceptors (Lipinski definition) is 6. The molecule has 6 heteroatoms. The zero-order chi connectivity index (χ0) is 47.4. The van der Waals surface area contributed by atoms with Gasteiger partial charge in [0, 0.05) is 19.3 Å². The van der Waals surface area contributed by atoms with Crippen molar-refractivity contribution in [2.45, 2.75) is 342 Å². The van der Waals surface area contributed by atoms with Crippen molar-refractivity contribution in [1.29, 1.82) is 0 Å². The third kappa shape index (κ3) is 53.2. The van der Waals surface area contributed by atoms with E-state index in [-0.39, 0.29) is 31.1 Å². The summed E-state index contributed by atoms with van der Waals surface area (Å²) in [5.74, 6) is 0.0162. The van der Waals surface area contributed by atoms with Crippen molar-refractivity contribution in [1.82, 2.24) is 0 Å². The molecule has 0 spiro atoms. The Kier molecular flexibility index (Phi) is 52.1. The van der Waals surface area contributed by atoms with E-state index in [0.717, 1.165) is 63.7 Å². The van der Waals surface area contributed by atoms with E-state index in [4.69, 9.17) is 14.2 Å². The Labute approximate surface area is 406 Å². The highest BCUT2D eigenvalue weighted by molar-refractivity contribution is 5.71. The predicted octanol–water partition coefficient (Wildman–Crippen LogP) is 19.4. The molecule has 0 heterocycles. The first-order valence-corrected chi connectivity index (χ1v) is 29.4. The van der Waals surface area contributed by atoms with E-state index in [9.17, 15) is 14.4 Å². The summed E-state index contributed by atoms with van der Waals surface area (Å²) in [5, 5.41) is 0. The predicted molar refractivity (Wildman–Crippen MR) is 280 cm³/mol. The number of rotatable bonds is 54. The normalized spacial score (nSPS) is 12.0. The van der Waals surface area contributed by atoms with Crippen molar-refractivity contribution in [2.75, 3.05) is 13.2 Å². The number of esters is 3. The zero-order valence-electron chi connectivity index (χ0n) is 44.5. The number of unbranched alkanes of at least 4 members (excludes halogenated alkanes) is 41. The molecule has 0 aliphatic heterocycles. The fraction of sp³-hybridized carbons (Fsp3) is 0.949. The lowest BCUT2D eigenvalue weighted by atomic mass is 10.0. The van der Waals surface area contributed by atoms with Crippen LogP contribution in [0.5, 0.6) is 0 Å². The molecule has 65 heavy (non-hydrogen) atoms. The average molecular weight is 920 g/mol. The quantitative estimate of drug-likeness (QED) is 0.0344. The molecule has 386 valence electrons.